The van der Waals surface area contributed by atoms with E-state index in [0.717, 1.165) is 42.2 Å². The number of thiophene rings is 1. The first-order valence-electron chi connectivity index (χ1n) is 6.48. The SMILES string of the molecule is O=c1c2ccsc2ncn1CCC1CCNCC1. The van der Waals surface area contributed by atoms with Crippen molar-refractivity contribution < 1.29 is 0 Å². The van der Waals surface area contributed by atoms with E-state index in [1.165, 1.54) is 24.2 Å². The number of nitrogens with zero attached hydrogens (tertiary/aromatic N) is 2. The van der Waals surface area contributed by atoms with Crippen LogP contribution >= 0.6 is 11.3 Å². The number of piperidine rings is 1. The highest BCUT2D eigenvalue weighted by Gasteiger charge is 2.13. The lowest BCUT2D eigenvalue weighted by Gasteiger charge is -2.22. The van der Waals surface area contributed by atoms with Crippen LogP contribution in [-0.4, -0.2) is 22.6 Å². The van der Waals surface area contributed by atoms with Crippen LogP contribution in [0.4, 0.5) is 0 Å². The third kappa shape index (κ3) is 2.33. The van der Waals surface area contributed by atoms with Crippen LogP contribution in [0.3, 0.4) is 0 Å². The first-order valence-corrected chi connectivity index (χ1v) is 7.36. The largest absolute Gasteiger partial charge is 0.317 e. The summed E-state index contributed by atoms with van der Waals surface area (Å²) in [7, 11) is 0. The van der Waals surface area contributed by atoms with Gasteiger partial charge in [0.05, 0.1) is 11.7 Å². The molecule has 0 bridgehead atoms. The first kappa shape index (κ1) is 11.9. The van der Waals surface area contributed by atoms with Crippen molar-refractivity contribution in [1.82, 2.24) is 14.9 Å². The molecule has 0 amide bonds. The van der Waals surface area contributed by atoms with E-state index in [4.69, 9.17) is 0 Å². The van der Waals surface area contributed by atoms with Crippen LogP contribution in [0.5, 0.6) is 0 Å². The Labute approximate surface area is 110 Å². The molecule has 1 aliphatic rings. The highest BCUT2D eigenvalue weighted by Crippen LogP contribution is 2.17. The minimum atomic E-state index is 0.107. The number of hydrogen-bond acceptors (Lipinski definition) is 4. The molecule has 0 atom stereocenters. The fourth-order valence-corrected chi connectivity index (χ4v) is 3.27. The van der Waals surface area contributed by atoms with Crippen molar-refractivity contribution in [3.8, 4) is 0 Å². The van der Waals surface area contributed by atoms with E-state index < -0.39 is 0 Å². The minimum Gasteiger partial charge on any atom is -0.317 e. The number of nitrogens with one attached hydrogen (secondary N) is 1. The smallest absolute Gasteiger partial charge is 0.262 e. The lowest BCUT2D eigenvalue weighted by atomic mass is 9.95. The molecule has 0 saturated carbocycles. The summed E-state index contributed by atoms with van der Waals surface area (Å²) < 4.78 is 1.76. The summed E-state index contributed by atoms with van der Waals surface area (Å²) in [6.07, 6.45) is 5.23. The van der Waals surface area contributed by atoms with Crippen LogP contribution in [0.15, 0.2) is 22.6 Å². The highest BCUT2D eigenvalue weighted by molar-refractivity contribution is 7.16. The monoisotopic (exact) mass is 263 g/mol. The van der Waals surface area contributed by atoms with Crippen LogP contribution < -0.4 is 10.9 Å². The lowest BCUT2D eigenvalue weighted by Crippen LogP contribution is -2.29. The first-order chi connectivity index (χ1) is 8.84. The molecule has 0 aromatic carbocycles. The molecule has 5 heteroatoms. The van der Waals surface area contributed by atoms with Gasteiger partial charge in [0, 0.05) is 6.54 Å². The molecule has 0 aliphatic carbocycles. The molecule has 1 N–H and O–H groups in total. The molecule has 0 unspecified atom stereocenters. The molecule has 1 aliphatic heterocycles. The molecule has 4 nitrogen and oxygen atoms in total. The number of rotatable bonds is 3. The third-order valence-corrected chi connectivity index (χ3v) is 4.51. The van der Waals surface area contributed by atoms with Crippen LogP contribution in [0.1, 0.15) is 19.3 Å². The molecule has 0 radical (unpaired) electrons. The Kier molecular flexibility index (Phi) is 3.43. The molecule has 3 rings (SSSR count). The maximum atomic E-state index is 12.2. The fraction of sp³-hybridized carbons (Fsp3) is 0.538. The summed E-state index contributed by atoms with van der Waals surface area (Å²) >= 11 is 1.52. The van der Waals surface area contributed by atoms with E-state index in [2.05, 4.69) is 10.3 Å². The summed E-state index contributed by atoms with van der Waals surface area (Å²) in [6.45, 7) is 3.02. The average molecular weight is 263 g/mol. The Morgan fingerprint density at radius 1 is 1.44 bits per heavy atom. The maximum absolute atomic E-state index is 12.2. The lowest BCUT2D eigenvalue weighted by molar-refractivity contribution is 0.336. The summed E-state index contributed by atoms with van der Waals surface area (Å²) in [5.41, 5.74) is 0.107. The minimum absolute atomic E-state index is 0.107. The standard InChI is InChI=1S/C13H17N3OS/c17-13-11-4-8-18-12(11)15-9-16(13)7-3-10-1-5-14-6-2-10/h4,8-10,14H,1-3,5-7H2. The number of aromatic nitrogens is 2. The molecule has 1 saturated heterocycles. The van der Waals surface area contributed by atoms with Crippen LogP contribution in [-0.2, 0) is 6.54 Å². The molecular weight excluding hydrogens is 246 g/mol. The van der Waals surface area contributed by atoms with Gasteiger partial charge in [0.25, 0.3) is 5.56 Å². The highest BCUT2D eigenvalue weighted by atomic mass is 32.1. The average Bonchev–Trinajstić information content (AvgIpc) is 2.88. The van der Waals surface area contributed by atoms with Crippen LogP contribution in [0.25, 0.3) is 10.2 Å². The van der Waals surface area contributed by atoms with Crippen molar-refractivity contribution >= 4 is 21.6 Å². The van der Waals surface area contributed by atoms with E-state index in [-0.39, 0.29) is 5.56 Å². The van der Waals surface area contributed by atoms with Gasteiger partial charge in [0.2, 0.25) is 0 Å². The summed E-state index contributed by atoms with van der Waals surface area (Å²) in [6, 6.07) is 1.87. The van der Waals surface area contributed by atoms with Crippen LogP contribution in [0.2, 0.25) is 0 Å². The Morgan fingerprint density at radius 2 is 2.28 bits per heavy atom. The second-order valence-corrected chi connectivity index (χ2v) is 5.76. The van der Waals surface area contributed by atoms with Gasteiger partial charge in [-0.3, -0.25) is 9.36 Å². The number of hydrogen-bond donors (Lipinski definition) is 1. The zero-order valence-corrected chi connectivity index (χ0v) is 11.1. The molecule has 2 aromatic rings. The van der Waals surface area contributed by atoms with E-state index in [9.17, 15) is 4.79 Å². The van der Waals surface area contributed by atoms with Crippen molar-refractivity contribution in [2.75, 3.05) is 13.1 Å². The molecule has 18 heavy (non-hydrogen) atoms. The molecule has 2 aromatic heterocycles. The topological polar surface area (TPSA) is 46.9 Å². The van der Waals surface area contributed by atoms with E-state index in [1.807, 2.05) is 11.4 Å². The van der Waals surface area contributed by atoms with Gasteiger partial charge in [-0.15, -0.1) is 11.3 Å². The van der Waals surface area contributed by atoms with Gasteiger partial charge in [0.1, 0.15) is 4.83 Å². The molecule has 0 spiro atoms. The summed E-state index contributed by atoms with van der Waals surface area (Å²) in [5, 5.41) is 6.05. The van der Waals surface area contributed by atoms with E-state index in [1.54, 1.807) is 10.9 Å². The quantitative estimate of drug-likeness (QED) is 0.919. The van der Waals surface area contributed by atoms with E-state index in [0.29, 0.717) is 0 Å². The van der Waals surface area contributed by atoms with Gasteiger partial charge in [-0.25, -0.2) is 4.98 Å². The Hall–Kier alpha value is -1.20. The molecule has 3 heterocycles. The fourth-order valence-electron chi connectivity index (χ4n) is 2.54. The van der Waals surface area contributed by atoms with Gasteiger partial charge >= 0.3 is 0 Å². The summed E-state index contributed by atoms with van der Waals surface area (Å²) in [4.78, 5) is 17.4. The van der Waals surface area contributed by atoms with Gasteiger partial charge < -0.3 is 5.32 Å². The molecular formula is C13H17N3OS. The second kappa shape index (κ2) is 5.20. The normalized spacial score (nSPS) is 17.3. The maximum Gasteiger partial charge on any atom is 0.262 e. The van der Waals surface area contributed by atoms with E-state index >= 15 is 0 Å². The predicted octanol–water partition coefficient (Wildman–Crippen LogP) is 1.85. The van der Waals surface area contributed by atoms with Gasteiger partial charge in [0.15, 0.2) is 0 Å². The Morgan fingerprint density at radius 3 is 3.11 bits per heavy atom. The van der Waals surface area contributed by atoms with Crippen molar-refractivity contribution in [3.05, 3.63) is 28.1 Å². The Balaban J connectivity index is 1.74. The van der Waals surface area contributed by atoms with Crippen molar-refractivity contribution in [1.29, 1.82) is 0 Å². The number of aryl methyl sites for hydroxylation is 1. The zero-order chi connectivity index (χ0) is 12.4. The molecule has 96 valence electrons. The van der Waals surface area contributed by atoms with Crippen molar-refractivity contribution in [2.24, 2.45) is 5.92 Å². The van der Waals surface area contributed by atoms with Crippen LogP contribution in [0, 0.1) is 5.92 Å². The Bertz CT molecular complexity index is 583. The van der Waals surface area contributed by atoms with Gasteiger partial charge in [-0.05, 0) is 49.7 Å². The number of fused-ring (bicyclic) bond motifs is 1. The summed E-state index contributed by atoms with van der Waals surface area (Å²) in [5.74, 6) is 0.747. The van der Waals surface area contributed by atoms with Crippen molar-refractivity contribution in [2.45, 2.75) is 25.8 Å². The second-order valence-electron chi connectivity index (χ2n) is 4.86. The van der Waals surface area contributed by atoms with Gasteiger partial charge in [-0.2, -0.15) is 0 Å². The zero-order valence-electron chi connectivity index (χ0n) is 10.3. The predicted molar refractivity (Wildman–Crippen MR) is 74.1 cm³/mol. The molecule has 1 fully saturated rings. The van der Waals surface area contributed by atoms with Gasteiger partial charge in [-0.1, -0.05) is 0 Å². The van der Waals surface area contributed by atoms with Crippen molar-refractivity contribution in [3.63, 3.8) is 0 Å². The third-order valence-electron chi connectivity index (χ3n) is 3.69.